The smallest absolute Gasteiger partial charge is 0.224 e. The number of hydrogen-bond acceptors (Lipinski definition) is 2. The molecule has 0 saturated heterocycles. The third kappa shape index (κ3) is 10.3. The normalized spacial score (nSPS) is 10.9. The van der Waals surface area contributed by atoms with E-state index in [4.69, 9.17) is 4.74 Å². The molecule has 0 fully saturated rings. The van der Waals surface area contributed by atoms with E-state index in [0.717, 1.165) is 35.7 Å². The van der Waals surface area contributed by atoms with Crippen molar-refractivity contribution in [1.29, 1.82) is 0 Å². The van der Waals surface area contributed by atoms with Crippen molar-refractivity contribution >= 4 is 11.6 Å². The van der Waals surface area contributed by atoms with E-state index >= 15 is 0 Å². The molecule has 4 nitrogen and oxygen atoms in total. The van der Waals surface area contributed by atoms with E-state index in [-0.39, 0.29) is 5.91 Å². The summed E-state index contributed by atoms with van der Waals surface area (Å²) in [4.78, 5) is 14.2. The maximum Gasteiger partial charge on any atom is 0.224 e. The quantitative estimate of drug-likeness (QED) is 0.179. The highest BCUT2D eigenvalue weighted by molar-refractivity contribution is 5.92. The van der Waals surface area contributed by atoms with E-state index in [2.05, 4.69) is 23.6 Å². The number of ether oxygens (including phenoxy) is 1. The summed E-state index contributed by atoms with van der Waals surface area (Å²) in [5.41, 5.74) is 3.08. The average Bonchev–Trinajstić information content (AvgIpc) is 2.82. The summed E-state index contributed by atoms with van der Waals surface area (Å²) in [7, 11) is 2.01. The topological polar surface area (TPSA) is 33.4 Å². The van der Waals surface area contributed by atoms with Crippen LogP contribution in [0.1, 0.15) is 102 Å². The number of benzene rings is 1. The molecule has 0 saturated carbocycles. The first kappa shape index (κ1) is 27.9. The van der Waals surface area contributed by atoms with Gasteiger partial charge in [-0.05, 0) is 37.1 Å². The highest BCUT2D eigenvalue weighted by Crippen LogP contribution is 2.26. The van der Waals surface area contributed by atoms with Crippen LogP contribution in [0.3, 0.4) is 0 Å². The Labute approximate surface area is 208 Å². The number of carbonyl (C=O) groups is 1. The number of carbonyl (C=O) groups excluding carboxylic acids is 1. The number of anilines is 1. The van der Waals surface area contributed by atoms with Crippen LogP contribution in [-0.2, 0) is 18.4 Å². The monoisotopic (exact) mass is 467 g/mol. The lowest BCUT2D eigenvalue weighted by molar-refractivity contribution is -0.679. The molecule has 0 aliphatic rings. The van der Waals surface area contributed by atoms with Crippen LogP contribution >= 0.6 is 0 Å². The Morgan fingerprint density at radius 2 is 1.50 bits per heavy atom. The lowest BCUT2D eigenvalue weighted by Crippen LogP contribution is -2.38. The molecule has 34 heavy (non-hydrogen) atoms. The molecule has 1 amide bonds. The number of hydrogen-bond donors (Lipinski definition) is 0. The maximum absolute atomic E-state index is 12.4. The van der Waals surface area contributed by atoms with Gasteiger partial charge in [0.15, 0.2) is 6.20 Å². The van der Waals surface area contributed by atoms with Crippen molar-refractivity contribution in [3.05, 3.63) is 53.9 Å². The van der Waals surface area contributed by atoms with Crippen molar-refractivity contribution in [3.8, 4) is 5.75 Å². The van der Waals surface area contributed by atoms with Crippen molar-refractivity contribution in [2.24, 2.45) is 7.05 Å². The van der Waals surface area contributed by atoms with Crippen molar-refractivity contribution in [3.63, 3.8) is 0 Å². The molecule has 1 aromatic carbocycles. The molecule has 0 atom stereocenters. The van der Waals surface area contributed by atoms with Gasteiger partial charge in [0.2, 0.25) is 11.6 Å². The van der Waals surface area contributed by atoms with Gasteiger partial charge in [-0.3, -0.25) is 4.79 Å². The highest BCUT2D eigenvalue weighted by atomic mass is 16.5. The summed E-state index contributed by atoms with van der Waals surface area (Å²) in [6.07, 6.45) is 18.2. The Balaban J connectivity index is 1.68. The van der Waals surface area contributed by atoms with Gasteiger partial charge in [0.05, 0.1) is 6.61 Å². The predicted octanol–water partition coefficient (Wildman–Crippen LogP) is 7.45. The van der Waals surface area contributed by atoms with Crippen LogP contribution in [0.15, 0.2) is 42.6 Å². The van der Waals surface area contributed by atoms with Crippen LogP contribution in [0, 0.1) is 6.92 Å². The Bertz CT molecular complexity index is 849. The van der Waals surface area contributed by atoms with Crippen LogP contribution in [-0.4, -0.2) is 12.5 Å². The minimum atomic E-state index is 0.0390. The van der Waals surface area contributed by atoms with Crippen molar-refractivity contribution in [1.82, 2.24) is 0 Å². The molecule has 0 spiro atoms. The van der Waals surface area contributed by atoms with Crippen LogP contribution in [0.4, 0.5) is 5.69 Å². The molecule has 4 heteroatoms. The lowest BCUT2D eigenvalue weighted by atomic mass is 10.1. The van der Waals surface area contributed by atoms with Crippen molar-refractivity contribution in [2.45, 2.75) is 104 Å². The number of nitrogens with zero attached hydrogens (tertiary/aromatic N) is 2. The van der Waals surface area contributed by atoms with Gasteiger partial charge in [-0.1, -0.05) is 83.6 Å². The number of amides is 1. The van der Waals surface area contributed by atoms with E-state index in [1.165, 1.54) is 70.6 Å². The summed E-state index contributed by atoms with van der Waals surface area (Å²) >= 11 is 0. The minimum Gasteiger partial charge on any atom is -0.494 e. The zero-order valence-corrected chi connectivity index (χ0v) is 22.2. The van der Waals surface area contributed by atoms with Gasteiger partial charge < -0.3 is 9.64 Å². The van der Waals surface area contributed by atoms with E-state index in [9.17, 15) is 4.79 Å². The summed E-state index contributed by atoms with van der Waals surface area (Å²) in [5, 5.41) is 0. The number of pyridine rings is 1. The average molecular weight is 468 g/mol. The molecule has 1 aromatic heterocycles. The number of rotatable bonds is 17. The third-order valence-corrected chi connectivity index (χ3v) is 6.59. The third-order valence-electron chi connectivity index (χ3n) is 6.59. The van der Waals surface area contributed by atoms with Gasteiger partial charge in [0.1, 0.15) is 19.3 Å². The predicted molar refractivity (Wildman–Crippen MR) is 142 cm³/mol. The van der Waals surface area contributed by atoms with Gasteiger partial charge in [-0.25, -0.2) is 4.57 Å². The molecular formula is C30H47N2O2+. The molecule has 0 aliphatic heterocycles. The largest absolute Gasteiger partial charge is 0.494 e. The van der Waals surface area contributed by atoms with Crippen LogP contribution in [0.25, 0.3) is 0 Å². The summed E-state index contributed by atoms with van der Waals surface area (Å²) < 4.78 is 8.06. The zero-order chi connectivity index (χ0) is 24.6. The summed E-state index contributed by atoms with van der Waals surface area (Å²) in [6.45, 7) is 7.26. The highest BCUT2D eigenvalue weighted by Gasteiger charge is 2.19. The molecule has 0 N–H and O–H groups in total. The van der Waals surface area contributed by atoms with E-state index in [1.807, 2.05) is 49.3 Å². The van der Waals surface area contributed by atoms with Gasteiger partial charge in [0, 0.05) is 24.7 Å². The van der Waals surface area contributed by atoms with E-state index < -0.39 is 0 Å². The number of aryl methyl sites for hydroxylation is 2. The standard InChI is InChI=1S/C30H47N2O2/c1-5-6-7-8-9-10-11-12-13-14-15-18-23-34-29-20-21-30(26(2)24-29)32(27(3)33)25-28-19-16-17-22-31(28)4/h16-17,19-22,24H,5-15,18,23,25H2,1-4H3/q+1. The molecule has 188 valence electrons. The van der Waals surface area contributed by atoms with Crippen molar-refractivity contribution < 1.29 is 14.1 Å². The second kappa shape index (κ2) is 16.3. The molecule has 2 aromatic rings. The van der Waals surface area contributed by atoms with Crippen LogP contribution in [0.2, 0.25) is 0 Å². The molecular weight excluding hydrogens is 420 g/mol. The Morgan fingerprint density at radius 1 is 0.882 bits per heavy atom. The fraction of sp³-hybridized carbons (Fsp3) is 0.600. The zero-order valence-electron chi connectivity index (χ0n) is 22.2. The van der Waals surface area contributed by atoms with Gasteiger partial charge in [0.25, 0.3) is 0 Å². The van der Waals surface area contributed by atoms with Crippen molar-refractivity contribution in [2.75, 3.05) is 11.5 Å². The number of aromatic nitrogens is 1. The second-order valence-corrected chi connectivity index (χ2v) is 9.59. The second-order valence-electron chi connectivity index (χ2n) is 9.59. The van der Waals surface area contributed by atoms with E-state index in [1.54, 1.807) is 6.92 Å². The molecule has 0 unspecified atom stereocenters. The fourth-order valence-electron chi connectivity index (χ4n) is 4.40. The summed E-state index contributed by atoms with van der Waals surface area (Å²) in [6, 6.07) is 12.1. The number of unbranched alkanes of at least 4 members (excludes halogenated alkanes) is 11. The molecule has 2 rings (SSSR count). The van der Waals surface area contributed by atoms with E-state index in [0.29, 0.717) is 6.54 Å². The van der Waals surface area contributed by atoms with Crippen LogP contribution < -0.4 is 14.2 Å². The molecule has 0 radical (unpaired) electrons. The Kier molecular flexibility index (Phi) is 13.4. The van der Waals surface area contributed by atoms with Gasteiger partial charge in [-0.15, -0.1) is 0 Å². The first-order valence-electron chi connectivity index (χ1n) is 13.5. The maximum atomic E-state index is 12.4. The molecule has 0 aliphatic carbocycles. The first-order valence-corrected chi connectivity index (χ1v) is 13.5. The Hall–Kier alpha value is -2.36. The first-order chi connectivity index (χ1) is 16.5. The van der Waals surface area contributed by atoms with Crippen LogP contribution in [0.5, 0.6) is 5.75 Å². The van der Waals surface area contributed by atoms with Gasteiger partial charge in [-0.2, -0.15) is 0 Å². The lowest BCUT2D eigenvalue weighted by Gasteiger charge is -2.22. The Morgan fingerprint density at radius 3 is 2.06 bits per heavy atom. The molecule has 0 bridgehead atoms. The SMILES string of the molecule is CCCCCCCCCCCCCCOc1ccc(N(Cc2cccc[n+]2C)C(C)=O)c(C)c1. The fourth-order valence-corrected chi connectivity index (χ4v) is 4.40. The summed E-state index contributed by atoms with van der Waals surface area (Å²) in [5.74, 6) is 0.926. The molecule has 1 heterocycles. The minimum absolute atomic E-state index is 0.0390. The van der Waals surface area contributed by atoms with Gasteiger partial charge >= 0.3 is 0 Å².